The fraction of sp³-hybridized carbons (Fsp3) is 0.706. The Kier molecular flexibility index (Phi) is 9.34. The molecule has 0 aliphatic carbocycles. The molecule has 0 aliphatic rings. The van der Waals surface area contributed by atoms with Crippen molar-refractivity contribution < 1.29 is 9.67 Å². The number of rotatable bonds is 11. The zero-order chi connectivity index (χ0) is 13.8. The highest BCUT2D eigenvalue weighted by molar-refractivity contribution is 5.03. The fourth-order valence-electron chi connectivity index (χ4n) is 2.32. The minimum absolute atomic E-state index is 0.358. The van der Waals surface area contributed by atoms with Crippen molar-refractivity contribution in [1.29, 1.82) is 0 Å². The van der Waals surface area contributed by atoms with Gasteiger partial charge in [-0.25, -0.2) is 4.57 Å². The van der Waals surface area contributed by atoms with Gasteiger partial charge < -0.3 is 5.11 Å². The highest BCUT2D eigenvalue weighted by Gasteiger charge is 1.99. The largest absolute Gasteiger partial charge is 0.396 e. The molecule has 1 N–H and O–H groups in total. The van der Waals surface area contributed by atoms with E-state index in [1.807, 2.05) is 0 Å². The van der Waals surface area contributed by atoms with Crippen LogP contribution in [-0.4, -0.2) is 11.7 Å². The Morgan fingerprint density at radius 1 is 0.789 bits per heavy atom. The Morgan fingerprint density at radius 3 is 1.79 bits per heavy atom. The molecule has 0 saturated carbocycles. The van der Waals surface area contributed by atoms with Gasteiger partial charge in [-0.05, 0) is 25.3 Å². The maximum Gasteiger partial charge on any atom is 0.169 e. The monoisotopic (exact) mass is 264 g/mol. The molecular formula is C17H30NO+. The van der Waals surface area contributed by atoms with Crippen molar-refractivity contribution in [2.24, 2.45) is 0 Å². The van der Waals surface area contributed by atoms with E-state index in [-0.39, 0.29) is 0 Å². The Morgan fingerprint density at radius 2 is 1.26 bits per heavy atom. The van der Waals surface area contributed by atoms with Crippen LogP contribution < -0.4 is 4.57 Å². The predicted octanol–water partition coefficient (Wildman–Crippen LogP) is 3.79. The molecule has 0 unspecified atom stereocenters. The molecule has 108 valence electrons. The molecule has 0 aliphatic heterocycles. The molecule has 2 nitrogen and oxygen atoms in total. The van der Waals surface area contributed by atoms with Crippen LogP contribution in [0.3, 0.4) is 0 Å². The molecule has 1 heterocycles. The number of aryl methyl sites for hydroxylation is 2. The summed E-state index contributed by atoms with van der Waals surface area (Å²) in [6.45, 7) is 3.64. The van der Waals surface area contributed by atoms with Gasteiger partial charge >= 0.3 is 0 Å². The number of pyridine rings is 1. The molecule has 19 heavy (non-hydrogen) atoms. The third-order valence-corrected chi connectivity index (χ3v) is 3.63. The highest BCUT2D eigenvalue weighted by atomic mass is 16.2. The molecule has 1 rings (SSSR count). The van der Waals surface area contributed by atoms with Crippen molar-refractivity contribution in [2.45, 2.75) is 71.3 Å². The standard InChI is InChI=1S/C17H30NO/c1-17-11-14-18(15-12-17)13-9-7-5-3-2-4-6-8-10-16-19/h11-12,14-15,19H,2-10,13,16H2,1H3/q+1. The van der Waals surface area contributed by atoms with Crippen LogP contribution in [0.4, 0.5) is 0 Å². The lowest BCUT2D eigenvalue weighted by Crippen LogP contribution is -2.32. The van der Waals surface area contributed by atoms with Crippen LogP contribution in [0, 0.1) is 6.92 Å². The number of hydrogen-bond acceptors (Lipinski definition) is 1. The van der Waals surface area contributed by atoms with Crippen molar-refractivity contribution in [3.05, 3.63) is 30.1 Å². The minimum atomic E-state index is 0.358. The van der Waals surface area contributed by atoms with Gasteiger partial charge in [0.1, 0.15) is 6.54 Å². The number of aliphatic hydroxyl groups is 1. The first kappa shape index (κ1) is 16.2. The molecule has 1 aromatic heterocycles. The normalized spacial score (nSPS) is 10.8. The summed E-state index contributed by atoms with van der Waals surface area (Å²) < 4.78 is 2.28. The van der Waals surface area contributed by atoms with E-state index in [4.69, 9.17) is 5.11 Å². The lowest BCUT2D eigenvalue weighted by atomic mass is 10.1. The number of nitrogens with zero attached hydrogens (tertiary/aromatic N) is 1. The molecule has 2 heteroatoms. The summed E-state index contributed by atoms with van der Waals surface area (Å²) in [6, 6.07) is 4.35. The summed E-state index contributed by atoms with van der Waals surface area (Å²) in [5.41, 5.74) is 1.33. The van der Waals surface area contributed by atoms with Crippen LogP contribution >= 0.6 is 0 Å². The van der Waals surface area contributed by atoms with Crippen molar-refractivity contribution >= 4 is 0 Å². The molecular weight excluding hydrogens is 234 g/mol. The number of aliphatic hydroxyl groups excluding tert-OH is 1. The summed E-state index contributed by atoms with van der Waals surface area (Å²) in [6.07, 6.45) is 15.9. The molecule has 0 saturated heterocycles. The van der Waals surface area contributed by atoms with Crippen molar-refractivity contribution in [3.63, 3.8) is 0 Å². The summed E-state index contributed by atoms with van der Waals surface area (Å²) in [7, 11) is 0. The summed E-state index contributed by atoms with van der Waals surface area (Å²) >= 11 is 0. The zero-order valence-corrected chi connectivity index (χ0v) is 12.5. The molecule has 1 aromatic rings. The lowest BCUT2D eigenvalue weighted by Gasteiger charge is -2.01. The van der Waals surface area contributed by atoms with E-state index in [2.05, 4.69) is 36.0 Å². The molecule has 0 amide bonds. The van der Waals surface area contributed by atoms with E-state index in [1.54, 1.807) is 0 Å². The smallest absolute Gasteiger partial charge is 0.169 e. The summed E-state index contributed by atoms with van der Waals surface area (Å²) in [5.74, 6) is 0. The fourth-order valence-corrected chi connectivity index (χ4v) is 2.32. The maximum atomic E-state index is 8.67. The Hall–Kier alpha value is -0.890. The van der Waals surface area contributed by atoms with Gasteiger partial charge in [0.2, 0.25) is 0 Å². The van der Waals surface area contributed by atoms with Crippen molar-refractivity contribution in [2.75, 3.05) is 6.61 Å². The number of unbranched alkanes of at least 4 members (excludes halogenated alkanes) is 8. The third kappa shape index (κ3) is 8.77. The quantitative estimate of drug-likeness (QED) is 0.477. The van der Waals surface area contributed by atoms with Crippen LogP contribution in [0.25, 0.3) is 0 Å². The second-order valence-electron chi connectivity index (χ2n) is 5.52. The van der Waals surface area contributed by atoms with Gasteiger partial charge in [-0.3, -0.25) is 0 Å². The Bertz CT molecular complexity index is 308. The average Bonchev–Trinajstić information content (AvgIpc) is 2.43. The molecule has 0 atom stereocenters. The Labute approximate surface area is 118 Å². The van der Waals surface area contributed by atoms with Gasteiger partial charge in [-0.2, -0.15) is 0 Å². The van der Waals surface area contributed by atoms with Crippen molar-refractivity contribution in [1.82, 2.24) is 0 Å². The second-order valence-corrected chi connectivity index (χ2v) is 5.52. The first-order valence-corrected chi connectivity index (χ1v) is 7.89. The Balaban J connectivity index is 1.87. The van der Waals surface area contributed by atoms with E-state index in [1.165, 1.54) is 56.9 Å². The lowest BCUT2D eigenvalue weighted by molar-refractivity contribution is -0.697. The van der Waals surface area contributed by atoms with E-state index in [0.717, 1.165) is 13.0 Å². The SMILES string of the molecule is Cc1cc[n+](CCCCCCCCCCCO)cc1. The van der Waals surface area contributed by atoms with E-state index >= 15 is 0 Å². The molecule has 0 aromatic carbocycles. The molecule has 0 bridgehead atoms. The van der Waals surface area contributed by atoms with Crippen LogP contribution in [0.2, 0.25) is 0 Å². The number of aromatic nitrogens is 1. The average molecular weight is 264 g/mol. The van der Waals surface area contributed by atoms with Gasteiger partial charge in [-0.1, -0.05) is 38.5 Å². The van der Waals surface area contributed by atoms with Crippen molar-refractivity contribution in [3.8, 4) is 0 Å². The zero-order valence-electron chi connectivity index (χ0n) is 12.5. The van der Waals surface area contributed by atoms with Gasteiger partial charge in [0.15, 0.2) is 12.4 Å². The van der Waals surface area contributed by atoms with Gasteiger partial charge in [-0.15, -0.1) is 0 Å². The number of hydrogen-bond donors (Lipinski definition) is 1. The van der Waals surface area contributed by atoms with E-state index in [9.17, 15) is 0 Å². The topological polar surface area (TPSA) is 24.1 Å². The molecule has 0 radical (unpaired) electrons. The van der Waals surface area contributed by atoms with Crippen LogP contribution in [-0.2, 0) is 6.54 Å². The van der Waals surface area contributed by atoms with Gasteiger partial charge in [0, 0.05) is 25.2 Å². The van der Waals surface area contributed by atoms with Crippen LogP contribution in [0.1, 0.15) is 63.4 Å². The molecule has 0 spiro atoms. The summed E-state index contributed by atoms with van der Waals surface area (Å²) in [4.78, 5) is 0. The van der Waals surface area contributed by atoms with Gasteiger partial charge in [0.05, 0.1) is 0 Å². The first-order valence-electron chi connectivity index (χ1n) is 7.89. The van der Waals surface area contributed by atoms with E-state index in [0.29, 0.717) is 6.61 Å². The third-order valence-electron chi connectivity index (χ3n) is 3.63. The molecule has 0 fully saturated rings. The summed E-state index contributed by atoms with van der Waals surface area (Å²) in [5, 5.41) is 8.67. The highest BCUT2D eigenvalue weighted by Crippen LogP contribution is 2.09. The predicted molar refractivity (Wildman–Crippen MR) is 80.0 cm³/mol. The van der Waals surface area contributed by atoms with E-state index < -0.39 is 0 Å². The first-order chi connectivity index (χ1) is 9.33. The maximum absolute atomic E-state index is 8.67. The minimum Gasteiger partial charge on any atom is -0.396 e. The van der Waals surface area contributed by atoms with Crippen LogP contribution in [0.15, 0.2) is 24.5 Å². The van der Waals surface area contributed by atoms with Gasteiger partial charge in [0.25, 0.3) is 0 Å². The van der Waals surface area contributed by atoms with Crippen LogP contribution in [0.5, 0.6) is 0 Å². The second kappa shape index (κ2) is 11.0.